The van der Waals surface area contributed by atoms with Crippen molar-refractivity contribution in [2.75, 3.05) is 13.1 Å². The van der Waals surface area contributed by atoms with Gasteiger partial charge >= 0.3 is 0 Å². The van der Waals surface area contributed by atoms with Gasteiger partial charge in [-0.1, -0.05) is 18.2 Å². The maximum atomic E-state index is 14.5. The average Bonchev–Trinajstić information content (AvgIpc) is 2.47. The van der Waals surface area contributed by atoms with E-state index < -0.39 is 6.17 Å². The number of piperidine rings is 1. The maximum absolute atomic E-state index is 14.5. The van der Waals surface area contributed by atoms with Gasteiger partial charge < -0.3 is 5.32 Å². The van der Waals surface area contributed by atoms with Gasteiger partial charge in [0.05, 0.1) is 5.52 Å². The summed E-state index contributed by atoms with van der Waals surface area (Å²) in [7, 11) is 0. The minimum absolute atomic E-state index is 0.134. The third-order valence-electron chi connectivity index (χ3n) is 3.73. The van der Waals surface area contributed by atoms with Crippen LogP contribution in [-0.4, -0.2) is 18.1 Å². The van der Waals surface area contributed by atoms with Crippen LogP contribution in [0.5, 0.6) is 0 Å². The van der Waals surface area contributed by atoms with E-state index in [9.17, 15) is 4.39 Å². The lowest BCUT2D eigenvalue weighted by Crippen LogP contribution is -2.29. The molecule has 0 aliphatic carbocycles. The molecular formula is C15H17FN2. The quantitative estimate of drug-likeness (QED) is 0.877. The van der Waals surface area contributed by atoms with Gasteiger partial charge in [0.2, 0.25) is 0 Å². The second kappa shape index (κ2) is 5.02. The number of halogens is 1. The molecule has 94 valence electrons. The molecule has 3 heteroatoms. The molecule has 1 atom stereocenters. The van der Waals surface area contributed by atoms with Gasteiger partial charge in [0, 0.05) is 17.1 Å². The zero-order chi connectivity index (χ0) is 12.4. The van der Waals surface area contributed by atoms with E-state index in [0.29, 0.717) is 0 Å². The Morgan fingerprint density at radius 1 is 1.22 bits per heavy atom. The van der Waals surface area contributed by atoms with Gasteiger partial charge in [-0.15, -0.1) is 0 Å². The van der Waals surface area contributed by atoms with Gasteiger partial charge in [0.1, 0.15) is 6.17 Å². The predicted octanol–water partition coefficient (Wildman–Crippen LogP) is 3.25. The molecule has 1 unspecified atom stereocenters. The number of fused-ring (bicyclic) bond motifs is 1. The van der Waals surface area contributed by atoms with Gasteiger partial charge in [-0.3, -0.25) is 4.98 Å². The molecule has 1 saturated heterocycles. The Bertz CT molecular complexity index is 535. The van der Waals surface area contributed by atoms with Crippen molar-refractivity contribution in [2.45, 2.75) is 19.0 Å². The van der Waals surface area contributed by atoms with Crippen molar-refractivity contribution < 1.29 is 4.39 Å². The molecule has 0 saturated carbocycles. The van der Waals surface area contributed by atoms with Crippen molar-refractivity contribution in [3.63, 3.8) is 0 Å². The summed E-state index contributed by atoms with van der Waals surface area (Å²) < 4.78 is 14.5. The second-order valence-corrected chi connectivity index (χ2v) is 4.95. The first kappa shape index (κ1) is 11.6. The first-order chi connectivity index (χ1) is 8.84. The van der Waals surface area contributed by atoms with E-state index in [1.807, 2.05) is 30.3 Å². The second-order valence-electron chi connectivity index (χ2n) is 4.95. The summed E-state index contributed by atoms with van der Waals surface area (Å²) in [6.45, 7) is 1.85. The van der Waals surface area contributed by atoms with Crippen LogP contribution in [-0.2, 0) is 0 Å². The first-order valence-electron chi connectivity index (χ1n) is 6.54. The topological polar surface area (TPSA) is 24.9 Å². The molecule has 3 rings (SSSR count). The Labute approximate surface area is 106 Å². The zero-order valence-corrected chi connectivity index (χ0v) is 10.3. The predicted molar refractivity (Wildman–Crippen MR) is 71.2 cm³/mol. The van der Waals surface area contributed by atoms with Gasteiger partial charge in [-0.25, -0.2) is 4.39 Å². The van der Waals surface area contributed by atoms with E-state index in [-0.39, 0.29) is 5.92 Å². The van der Waals surface area contributed by atoms with Crippen molar-refractivity contribution >= 4 is 10.9 Å². The fourth-order valence-electron chi connectivity index (χ4n) is 2.65. The summed E-state index contributed by atoms with van der Waals surface area (Å²) in [6.07, 6.45) is 2.63. The van der Waals surface area contributed by atoms with Crippen LogP contribution in [0.1, 0.15) is 24.6 Å². The third kappa shape index (κ3) is 2.23. The highest BCUT2D eigenvalue weighted by Gasteiger charge is 2.24. The molecule has 0 spiro atoms. The van der Waals surface area contributed by atoms with Crippen molar-refractivity contribution in [1.29, 1.82) is 0 Å². The van der Waals surface area contributed by atoms with Crippen molar-refractivity contribution in [2.24, 2.45) is 5.92 Å². The van der Waals surface area contributed by atoms with E-state index in [2.05, 4.69) is 10.3 Å². The van der Waals surface area contributed by atoms with Gasteiger partial charge in [-0.2, -0.15) is 0 Å². The van der Waals surface area contributed by atoms with Crippen LogP contribution in [0.15, 0.2) is 36.5 Å². The van der Waals surface area contributed by atoms with Gasteiger partial charge in [-0.05, 0) is 44.0 Å². The molecule has 1 aromatic heterocycles. The van der Waals surface area contributed by atoms with Crippen LogP contribution < -0.4 is 5.32 Å². The van der Waals surface area contributed by atoms with E-state index in [1.165, 1.54) is 0 Å². The fraction of sp³-hybridized carbons (Fsp3) is 0.400. The SMILES string of the molecule is FC(c1cnc2ccccc2c1)C1CCNCC1. The van der Waals surface area contributed by atoms with E-state index in [1.54, 1.807) is 6.20 Å². The smallest absolute Gasteiger partial charge is 0.130 e. The molecule has 0 radical (unpaired) electrons. The summed E-state index contributed by atoms with van der Waals surface area (Å²) in [6, 6.07) is 9.80. The van der Waals surface area contributed by atoms with Crippen molar-refractivity contribution in [3.8, 4) is 0 Å². The highest BCUT2D eigenvalue weighted by molar-refractivity contribution is 5.78. The molecule has 2 nitrogen and oxygen atoms in total. The lowest BCUT2D eigenvalue weighted by molar-refractivity contribution is 0.190. The van der Waals surface area contributed by atoms with Crippen LogP contribution in [0.4, 0.5) is 4.39 Å². The Hall–Kier alpha value is -1.48. The Morgan fingerprint density at radius 2 is 2.00 bits per heavy atom. The monoisotopic (exact) mass is 244 g/mol. The zero-order valence-electron chi connectivity index (χ0n) is 10.3. The van der Waals surface area contributed by atoms with Crippen LogP contribution in [0.25, 0.3) is 10.9 Å². The van der Waals surface area contributed by atoms with E-state index in [4.69, 9.17) is 0 Å². The van der Waals surface area contributed by atoms with E-state index >= 15 is 0 Å². The molecule has 0 bridgehead atoms. The number of alkyl halides is 1. The minimum atomic E-state index is -0.885. The van der Waals surface area contributed by atoms with E-state index in [0.717, 1.165) is 42.4 Å². The van der Waals surface area contributed by atoms with Crippen LogP contribution in [0.3, 0.4) is 0 Å². The lowest BCUT2D eigenvalue weighted by atomic mass is 9.89. The maximum Gasteiger partial charge on any atom is 0.130 e. The highest BCUT2D eigenvalue weighted by atomic mass is 19.1. The highest BCUT2D eigenvalue weighted by Crippen LogP contribution is 2.32. The Balaban J connectivity index is 1.88. The molecule has 18 heavy (non-hydrogen) atoms. The minimum Gasteiger partial charge on any atom is -0.317 e. The normalized spacial score (nSPS) is 18.9. The number of hydrogen-bond acceptors (Lipinski definition) is 2. The summed E-state index contributed by atoms with van der Waals surface area (Å²) in [5.74, 6) is 0.134. The summed E-state index contributed by atoms with van der Waals surface area (Å²) >= 11 is 0. The number of aromatic nitrogens is 1. The third-order valence-corrected chi connectivity index (χ3v) is 3.73. The number of nitrogens with zero attached hydrogens (tertiary/aromatic N) is 1. The summed E-state index contributed by atoms with van der Waals surface area (Å²) in [5, 5.41) is 4.29. The Morgan fingerprint density at radius 3 is 2.83 bits per heavy atom. The van der Waals surface area contributed by atoms with Gasteiger partial charge in [0.25, 0.3) is 0 Å². The van der Waals surface area contributed by atoms with Gasteiger partial charge in [0.15, 0.2) is 0 Å². The first-order valence-corrected chi connectivity index (χ1v) is 6.54. The molecule has 1 fully saturated rings. The molecule has 1 aliphatic heterocycles. The molecule has 1 aromatic carbocycles. The van der Waals surface area contributed by atoms with Crippen LogP contribution >= 0.6 is 0 Å². The molecule has 0 amide bonds. The molecule has 1 aliphatic rings. The fourth-order valence-corrected chi connectivity index (χ4v) is 2.65. The summed E-state index contributed by atoms with van der Waals surface area (Å²) in [5.41, 5.74) is 1.65. The van der Waals surface area contributed by atoms with Crippen molar-refractivity contribution in [3.05, 3.63) is 42.1 Å². The lowest BCUT2D eigenvalue weighted by Gasteiger charge is -2.25. The average molecular weight is 244 g/mol. The number of pyridine rings is 1. The van der Waals surface area contributed by atoms with Crippen molar-refractivity contribution in [1.82, 2.24) is 10.3 Å². The molecule has 2 heterocycles. The molecule has 1 N–H and O–H groups in total. The molecule has 2 aromatic rings. The number of nitrogens with one attached hydrogen (secondary N) is 1. The Kier molecular flexibility index (Phi) is 3.24. The number of hydrogen-bond donors (Lipinski definition) is 1. The molecular weight excluding hydrogens is 227 g/mol. The summed E-state index contributed by atoms with van der Waals surface area (Å²) in [4.78, 5) is 4.34. The van der Waals surface area contributed by atoms with Crippen LogP contribution in [0, 0.1) is 5.92 Å². The number of para-hydroxylation sites is 1. The number of rotatable bonds is 2. The standard InChI is InChI=1S/C15H17FN2/c16-15(11-5-7-17-8-6-11)13-9-12-3-1-2-4-14(12)18-10-13/h1-4,9-11,15,17H,5-8H2. The van der Waals surface area contributed by atoms with Crippen LogP contribution in [0.2, 0.25) is 0 Å². The largest absolute Gasteiger partial charge is 0.317 e. The number of benzene rings is 1.